The highest BCUT2D eigenvalue weighted by atomic mass is 79.9. The predicted molar refractivity (Wildman–Crippen MR) is 68.2 cm³/mol. The molecule has 1 aliphatic rings. The van der Waals surface area contributed by atoms with Gasteiger partial charge in [-0.2, -0.15) is 0 Å². The van der Waals surface area contributed by atoms with Crippen molar-refractivity contribution in [3.63, 3.8) is 0 Å². The van der Waals surface area contributed by atoms with Gasteiger partial charge in [0.05, 0.1) is 0 Å². The van der Waals surface area contributed by atoms with Gasteiger partial charge in [-0.25, -0.2) is 0 Å². The molecule has 1 amide bonds. The van der Waals surface area contributed by atoms with Crippen LogP contribution in [0.5, 0.6) is 0 Å². The summed E-state index contributed by atoms with van der Waals surface area (Å²) in [6, 6.07) is 4.11. The first kappa shape index (κ1) is 11.1. The maximum absolute atomic E-state index is 11.5. The molecule has 0 fully saturated rings. The summed E-state index contributed by atoms with van der Waals surface area (Å²) in [5, 5.41) is 0. The Morgan fingerprint density at radius 1 is 1.33 bits per heavy atom. The molecule has 0 aliphatic carbocycles. The molecule has 1 heterocycles. The number of nitrogens with zero attached hydrogens (tertiary/aromatic N) is 1. The van der Waals surface area contributed by atoms with E-state index in [9.17, 15) is 4.79 Å². The minimum atomic E-state index is 0.116. The van der Waals surface area contributed by atoms with Crippen LogP contribution in [0.1, 0.15) is 18.9 Å². The third-order valence-corrected chi connectivity index (χ3v) is 4.46. The molecule has 0 saturated carbocycles. The largest absolute Gasteiger partial charge is 0.312 e. The van der Waals surface area contributed by atoms with Crippen LogP contribution in [0.4, 0.5) is 5.69 Å². The number of hydrogen-bond acceptors (Lipinski definition) is 1. The van der Waals surface area contributed by atoms with Crippen molar-refractivity contribution in [1.82, 2.24) is 0 Å². The van der Waals surface area contributed by atoms with E-state index in [4.69, 9.17) is 0 Å². The van der Waals surface area contributed by atoms with Crippen LogP contribution in [0, 0.1) is 0 Å². The molecule has 0 atom stereocenters. The number of anilines is 1. The van der Waals surface area contributed by atoms with Gasteiger partial charge in [0, 0.05) is 28.1 Å². The van der Waals surface area contributed by atoms with E-state index in [1.807, 2.05) is 11.0 Å². The van der Waals surface area contributed by atoms with Crippen LogP contribution in [0.3, 0.4) is 0 Å². The Morgan fingerprint density at radius 2 is 2.00 bits per heavy atom. The van der Waals surface area contributed by atoms with Crippen LogP contribution in [-0.4, -0.2) is 12.5 Å². The summed E-state index contributed by atoms with van der Waals surface area (Å²) in [6.07, 6.45) is 2.09. The summed E-state index contributed by atoms with van der Waals surface area (Å²) in [5.41, 5.74) is 2.29. The van der Waals surface area contributed by atoms with E-state index >= 15 is 0 Å². The number of hydrogen-bond donors (Lipinski definition) is 0. The molecule has 0 N–H and O–H groups in total. The number of aryl methyl sites for hydroxylation is 1. The molecule has 4 heteroatoms. The number of carbonyl (C=O) groups excluding carboxylic acids is 1. The Balaban J connectivity index is 2.51. The number of fused-ring (bicyclic) bond motifs is 1. The molecule has 0 unspecified atom stereocenters. The van der Waals surface area contributed by atoms with E-state index < -0.39 is 0 Å². The Hall–Kier alpha value is -0.350. The molecular weight excluding hydrogens is 322 g/mol. The Labute approximate surface area is 106 Å². The molecule has 80 valence electrons. The lowest BCUT2D eigenvalue weighted by Crippen LogP contribution is -2.33. The number of carbonyl (C=O) groups is 1. The van der Waals surface area contributed by atoms with Crippen LogP contribution in [-0.2, 0) is 11.2 Å². The Bertz CT molecular complexity index is 417. The van der Waals surface area contributed by atoms with Crippen molar-refractivity contribution in [2.24, 2.45) is 0 Å². The lowest BCUT2D eigenvalue weighted by atomic mass is 10.0. The molecule has 0 saturated heterocycles. The molecule has 2 rings (SSSR count). The second-order valence-electron chi connectivity index (χ2n) is 3.67. The molecule has 1 aliphatic heterocycles. The second-order valence-corrected chi connectivity index (χ2v) is 5.38. The van der Waals surface area contributed by atoms with Crippen molar-refractivity contribution >= 4 is 43.5 Å². The number of halogens is 2. The zero-order valence-electron chi connectivity index (χ0n) is 8.39. The first-order chi connectivity index (χ1) is 7.09. The van der Waals surface area contributed by atoms with E-state index in [-0.39, 0.29) is 5.91 Å². The first-order valence-electron chi connectivity index (χ1n) is 4.85. The van der Waals surface area contributed by atoms with Crippen LogP contribution in [0.25, 0.3) is 0 Å². The van der Waals surface area contributed by atoms with Crippen LogP contribution in [0.15, 0.2) is 21.1 Å². The van der Waals surface area contributed by atoms with E-state index in [1.54, 1.807) is 6.92 Å². The minimum absolute atomic E-state index is 0.116. The lowest BCUT2D eigenvalue weighted by molar-refractivity contribution is -0.116. The molecular formula is C11H11Br2NO. The molecule has 0 spiro atoms. The average molecular weight is 333 g/mol. The van der Waals surface area contributed by atoms with Gasteiger partial charge in [0.15, 0.2) is 0 Å². The number of benzene rings is 1. The van der Waals surface area contributed by atoms with E-state index in [0.717, 1.165) is 34.0 Å². The lowest BCUT2D eigenvalue weighted by Gasteiger charge is -2.29. The third-order valence-electron chi connectivity index (χ3n) is 2.62. The van der Waals surface area contributed by atoms with Crippen molar-refractivity contribution in [2.45, 2.75) is 19.8 Å². The monoisotopic (exact) mass is 331 g/mol. The number of rotatable bonds is 0. The summed E-state index contributed by atoms with van der Waals surface area (Å²) >= 11 is 6.95. The quantitative estimate of drug-likeness (QED) is 0.712. The van der Waals surface area contributed by atoms with Gasteiger partial charge in [-0.3, -0.25) is 4.79 Å². The highest BCUT2D eigenvalue weighted by molar-refractivity contribution is 9.13. The van der Waals surface area contributed by atoms with Crippen molar-refractivity contribution in [1.29, 1.82) is 0 Å². The Kier molecular flexibility index (Phi) is 3.16. The summed E-state index contributed by atoms with van der Waals surface area (Å²) in [6.45, 7) is 2.45. The normalized spacial score (nSPS) is 15.0. The SMILES string of the molecule is CC(=O)N1CCCc2cc(Br)c(Br)cc21. The standard InChI is InChI=1S/C11H11Br2NO/c1-7(15)14-4-2-3-8-5-9(12)10(13)6-11(8)14/h5-6H,2-4H2,1H3. The average Bonchev–Trinajstić information content (AvgIpc) is 2.18. The van der Waals surface area contributed by atoms with Gasteiger partial charge in [0.25, 0.3) is 0 Å². The minimum Gasteiger partial charge on any atom is -0.312 e. The number of amides is 1. The van der Waals surface area contributed by atoms with E-state index in [1.165, 1.54) is 5.56 Å². The van der Waals surface area contributed by atoms with E-state index in [0.29, 0.717) is 0 Å². The van der Waals surface area contributed by atoms with Crippen LogP contribution >= 0.6 is 31.9 Å². The van der Waals surface area contributed by atoms with Crippen molar-refractivity contribution in [3.05, 3.63) is 26.6 Å². The molecule has 0 bridgehead atoms. The molecule has 1 aromatic carbocycles. The highest BCUT2D eigenvalue weighted by Gasteiger charge is 2.20. The van der Waals surface area contributed by atoms with Gasteiger partial charge >= 0.3 is 0 Å². The topological polar surface area (TPSA) is 20.3 Å². The van der Waals surface area contributed by atoms with E-state index in [2.05, 4.69) is 37.9 Å². The maximum atomic E-state index is 11.5. The van der Waals surface area contributed by atoms with Gasteiger partial charge in [-0.1, -0.05) is 0 Å². The zero-order valence-corrected chi connectivity index (χ0v) is 11.6. The van der Waals surface area contributed by atoms with Gasteiger partial charge in [-0.15, -0.1) is 0 Å². The van der Waals surface area contributed by atoms with Crippen LogP contribution < -0.4 is 4.90 Å². The zero-order chi connectivity index (χ0) is 11.0. The second kappa shape index (κ2) is 4.26. The fraction of sp³-hybridized carbons (Fsp3) is 0.364. The molecule has 15 heavy (non-hydrogen) atoms. The molecule has 2 nitrogen and oxygen atoms in total. The van der Waals surface area contributed by atoms with Crippen LogP contribution in [0.2, 0.25) is 0 Å². The van der Waals surface area contributed by atoms with Crippen molar-refractivity contribution in [2.75, 3.05) is 11.4 Å². The smallest absolute Gasteiger partial charge is 0.223 e. The summed E-state index contributed by atoms with van der Waals surface area (Å²) < 4.78 is 2.04. The summed E-state index contributed by atoms with van der Waals surface area (Å²) in [7, 11) is 0. The summed E-state index contributed by atoms with van der Waals surface area (Å²) in [4.78, 5) is 13.3. The third kappa shape index (κ3) is 2.11. The van der Waals surface area contributed by atoms with Gasteiger partial charge in [0.2, 0.25) is 5.91 Å². The first-order valence-corrected chi connectivity index (χ1v) is 6.44. The highest BCUT2D eigenvalue weighted by Crippen LogP contribution is 2.35. The van der Waals surface area contributed by atoms with Crippen molar-refractivity contribution < 1.29 is 4.79 Å². The molecule has 1 aromatic rings. The molecule has 0 aromatic heterocycles. The fourth-order valence-corrected chi connectivity index (χ4v) is 2.63. The van der Waals surface area contributed by atoms with Crippen molar-refractivity contribution in [3.8, 4) is 0 Å². The Morgan fingerprint density at radius 3 is 2.67 bits per heavy atom. The summed E-state index contributed by atoms with van der Waals surface area (Å²) in [5.74, 6) is 0.116. The maximum Gasteiger partial charge on any atom is 0.223 e. The van der Waals surface area contributed by atoms with Gasteiger partial charge in [0.1, 0.15) is 0 Å². The predicted octanol–water partition coefficient (Wildman–Crippen LogP) is 3.51. The molecule has 0 radical (unpaired) electrons. The van der Waals surface area contributed by atoms with Gasteiger partial charge in [-0.05, 0) is 62.4 Å². The fourth-order valence-electron chi connectivity index (χ4n) is 1.90. The van der Waals surface area contributed by atoms with Gasteiger partial charge < -0.3 is 4.90 Å².